The van der Waals surface area contributed by atoms with Crippen molar-refractivity contribution in [2.24, 2.45) is 0 Å². The van der Waals surface area contributed by atoms with Gasteiger partial charge in [0, 0.05) is 5.57 Å². The molecule has 8 heavy (non-hydrogen) atoms. The first-order valence-electron chi connectivity index (χ1n) is 2.13. The van der Waals surface area contributed by atoms with Gasteiger partial charge in [-0.2, -0.15) is 0 Å². The van der Waals surface area contributed by atoms with Crippen molar-refractivity contribution in [3.63, 3.8) is 0 Å². The molecule has 0 saturated heterocycles. The molecule has 0 aliphatic heterocycles. The molecule has 0 atom stereocenters. The van der Waals surface area contributed by atoms with Gasteiger partial charge in [0.1, 0.15) is 0 Å². The minimum atomic E-state index is -1.14. The van der Waals surface area contributed by atoms with E-state index >= 15 is 0 Å². The summed E-state index contributed by atoms with van der Waals surface area (Å²) in [4.78, 5) is 9.88. The Labute approximate surface area is 47.3 Å². The fraction of sp³-hybridized carbons (Fsp3) is 0.400. The van der Waals surface area contributed by atoms with Crippen LogP contribution in [0.5, 0.6) is 0 Å². The number of rotatable bonds is 1. The molecule has 0 amide bonds. The summed E-state index contributed by atoms with van der Waals surface area (Å²) >= 11 is 0. The van der Waals surface area contributed by atoms with Gasteiger partial charge in [-0.3, -0.25) is 0 Å². The molecule has 0 aromatic heterocycles. The summed E-state index contributed by atoms with van der Waals surface area (Å²) in [7, 11) is 0. The Balaban J connectivity index is 4.23. The lowest BCUT2D eigenvalue weighted by Crippen LogP contribution is -2.08. The van der Waals surface area contributed by atoms with E-state index in [4.69, 9.17) is 5.11 Å². The second-order valence-corrected chi connectivity index (χ2v) is 1.49. The SMILES string of the molecule is C/C([O-])=C(\C)C(=O)O. The summed E-state index contributed by atoms with van der Waals surface area (Å²) in [6, 6.07) is 0. The molecule has 3 heteroatoms. The van der Waals surface area contributed by atoms with Crippen molar-refractivity contribution in [1.82, 2.24) is 0 Å². The van der Waals surface area contributed by atoms with Gasteiger partial charge in [-0.05, 0) is 6.92 Å². The third-order valence-corrected chi connectivity index (χ3v) is 0.849. The number of aliphatic carboxylic acids is 1. The number of carboxylic acid groups (broad SMARTS) is 1. The topological polar surface area (TPSA) is 60.4 Å². The van der Waals surface area contributed by atoms with Crippen molar-refractivity contribution in [1.29, 1.82) is 0 Å². The summed E-state index contributed by atoms with van der Waals surface area (Å²) < 4.78 is 0. The van der Waals surface area contributed by atoms with Gasteiger partial charge in [0.15, 0.2) is 0 Å². The second kappa shape index (κ2) is 2.35. The van der Waals surface area contributed by atoms with Crippen LogP contribution in [-0.2, 0) is 4.79 Å². The number of hydrogen-bond donors (Lipinski definition) is 1. The first-order valence-corrected chi connectivity index (χ1v) is 2.13. The summed E-state index contributed by atoms with van der Waals surface area (Å²) in [5.74, 6) is -1.53. The number of hydrogen-bond acceptors (Lipinski definition) is 2. The van der Waals surface area contributed by atoms with Crippen molar-refractivity contribution in [3.05, 3.63) is 11.3 Å². The van der Waals surface area contributed by atoms with Crippen molar-refractivity contribution < 1.29 is 15.0 Å². The van der Waals surface area contributed by atoms with E-state index in [1.165, 1.54) is 13.8 Å². The van der Waals surface area contributed by atoms with Crippen LogP contribution in [0.4, 0.5) is 0 Å². The van der Waals surface area contributed by atoms with Gasteiger partial charge >= 0.3 is 5.97 Å². The largest absolute Gasteiger partial charge is 0.875 e. The quantitative estimate of drug-likeness (QED) is 0.378. The smallest absolute Gasteiger partial charge is 0.330 e. The average molecular weight is 115 g/mol. The van der Waals surface area contributed by atoms with E-state index in [0.29, 0.717) is 0 Å². The maximum Gasteiger partial charge on any atom is 0.330 e. The van der Waals surface area contributed by atoms with Crippen LogP contribution in [0.25, 0.3) is 0 Å². The first kappa shape index (κ1) is 7.01. The molecule has 0 saturated carbocycles. The molecule has 0 aromatic rings. The Hall–Kier alpha value is -0.990. The minimum Gasteiger partial charge on any atom is -0.875 e. The maximum atomic E-state index is 10.2. The maximum absolute atomic E-state index is 10.2. The molecule has 0 aromatic carbocycles. The number of allylic oxidation sites excluding steroid dienone is 1. The van der Waals surface area contributed by atoms with Crippen LogP contribution in [0, 0.1) is 0 Å². The average Bonchev–Trinajstić information content (AvgIpc) is 1.64. The number of carbonyl (C=O) groups is 1. The highest BCUT2D eigenvalue weighted by atomic mass is 16.4. The van der Waals surface area contributed by atoms with Crippen molar-refractivity contribution in [2.45, 2.75) is 13.8 Å². The monoisotopic (exact) mass is 115 g/mol. The molecule has 0 heterocycles. The molecule has 0 aliphatic rings. The van der Waals surface area contributed by atoms with E-state index in [1.807, 2.05) is 0 Å². The first-order chi connectivity index (χ1) is 3.55. The van der Waals surface area contributed by atoms with Crippen molar-refractivity contribution in [2.75, 3.05) is 0 Å². The van der Waals surface area contributed by atoms with Crippen molar-refractivity contribution >= 4 is 5.97 Å². The Morgan fingerprint density at radius 2 is 1.88 bits per heavy atom. The third kappa shape index (κ3) is 1.64. The van der Waals surface area contributed by atoms with Crippen LogP contribution < -0.4 is 5.11 Å². The molecule has 1 N–H and O–H groups in total. The predicted molar refractivity (Wildman–Crippen MR) is 26.0 cm³/mol. The van der Waals surface area contributed by atoms with Gasteiger partial charge in [0.2, 0.25) is 0 Å². The molecule has 0 radical (unpaired) electrons. The second-order valence-electron chi connectivity index (χ2n) is 1.49. The Bertz CT molecular complexity index is 131. The molecule has 0 bridgehead atoms. The summed E-state index contributed by atoms with van der Waals surface area (Å²) in [6.07, 6.45) is 0. The van der Waals surface area contributed by atoms with Crippen molar-refractivity contribution in [3.8, 4) is 0 Å². The Morgan fingerprint density at radius 1 is 1.50 bits per heavy atom. The molecular formula is C5H7O3-. The van der Waals surface area contributed by atoms with Gasteiger partial charge < -0.3 is 10.2 Å². The molecule has 0 aliphatic carbocycles. The van der Waals surface area contributed by atoms with E-state index in [0.717, 1.165) is 0 Å². The minimum absolute atomic E-state index is 0.120. The van der Waals surface area contributed by atoms with E-state index in [2.05, 4.69) is 0 Å². The molecule has 3 nitrogen and oxygen atoms in total. The van der Waals surface area contributed by atoms with Crippen LogP contribution in [-0.4, -0.2) is 11.1 Å². The summed E-state index contributed by atoms with van der Waals surface area (Å²) in [5, 5.41) is 18.3. The molecule has 0 unspecified atom stereocenters. The van der Waals surface area contributed by atoms with Crippen LogP contribution in [0.15, 0.2) is 11.3 Å². The zero-order chi connectivity index (χ0) is 6.73. The van der Waals surface area contributed by atoms with E-state index in [1.54, 1.807) is 0 Å². The highest BCUT2D eigenvalue weighted by molar-refractivity contribution is 5.86. The Kier molecular flexibility index (Phi) is 2.06. The molecule has 0 spiro atoms. The molecule has 46 valence electrons. The summed E-state index contributed by atoms with van der Waals surface area (Å²) in [6.45, 7) is 2.51. The summed E-state index contributed by atoms with van der Waals surface area (Å²) in [5.41, 5.74) is -0.120. The Morgan fingerprint density at radius 3 is 1.88 bits per heavy atom. The van der Waals surface area contributed by atoms with Gasteiger partial charge in [-0.15, -0.1) is 5.76 Å². The van der Waals surface area contributed by atoms with Gasteiger partial charge in [0.05, 0.1) is 0 Å². The lowest BCUT2D eigenvalue weighted by Gasteiger charge is -2.04. The third-order valence-electron chi connectivity index (χ3n) is 0.849. The standard InChI is InChI=1S/C5H8O3/c1-3(4(2)6)5(7)8/h6H,1-2H3,(H,7,8)/p-1/b4-3-. The fourth-order valence-corrected chi connectivity index (χ4v) is 0.151. The van der Waals surface area contributed by atoms with Crippen LogP contribution in [0.3, 0.4) is 0 Å². The van der Waals surface area contributed by atoms with Crippen LogP contribution >= 0.6 is 0 Å². The highest BCUT2D eigenvalue weighted by Crippen LogP contribution is 1.93. The van der Waals surface area contributed by atoms with Crippen LogP contribution in [0.1, 0.15) is 13.8 Å². The zero-order valence-corrected chi connectivity index (χ0v) is 4.76. The zero-order valence-electron chi connectivity index (χ0n) is 4.76. The lowest BCUT2D eigenvalue weighted by molar-refractivity contribution is -0.303. The number of carboxylic acids is 1. The lowest BCUT2D eigenvalue weighted by atomic mass is 10.3. The van der Waals surface area contributed by atoms with E-state index < -0.39 is 11.7 Å². The fourth-order valence-electron chi connectivity index (χ4n) is 0.151. The predicted octanol–water partition coefficient (Wildman–Crippen LogP) is -0.275. The van der Waals surface area contributed by atoms with E-state index in [-0.39, 0.29) is 5.57 Å². The van der Waals surface area contributed by atoms with Crippen LogP contribution in [0.2, 0.25) is 0 Å². The molecular weight excluding hydrogens is 108 g/mol. The molecule has 0 fully saturated rings. The normalized spacial score (nSPS) is 12.8. The van der Waals surface area contributed by atoms with Gasteiger partial charge in [-0.1, -0.05) is 6.92 Å². The van der Waals surface area contributed by atoms with E-state index in [9.17, 15) is 9.90 Å². The van der Waals surface area contributed by atoms with Gasteiger partial charge in [-0.25, -0.2) is 4.79 Å². The molecule has 0 rings (SSSR count). The van der Waals surface area contributed by atoms with Gasteiger partial charge in [0.25, 0.3) is 0 Å². The highest BCUT2D eigenvalue weighted by Gasteiger charge is 1.95.